The van der Waals surface area contributed by atoms with Crippen molar-refractivity contribution in [3.8, 4) is 0 Å². The van der Waals surface area contributed by atoms with E-state index in [-0.39, 0.29) is 18.3 Å². The summed E-state index contributed by atoms with van der Waals surface area (Å²) in [6, 6.07) is 2.20. The molecule has 2 aliphatic heterocycles. The maximum Gasteiger partial charge on any atom is 0.496 e. The van der Waals surface area contributed by atoms with Gasteiger partial charge in [-0.05, 0) is 40.2 Å². The van der Waals surface area contributed by atoms with Crippen molar-refractivity contribution >= 4 is 12.6 Å². The van der Waals surface area contributed by atoms with E-state index < -0.39 is 0 Å². The van der Waals surface area contributed by atoms with Crippen molar-refractivity contribution in [2.75, 3.05) is 13.1 Å². The molecule has 5 heteroatoms. The molecule has 20 heavy (non-hydrogen) atoms. The van der Waals surface area contributed by atoms with Gasteiger partial charge in [-0.2, -0.15) is 0 Å². The van der Waals surface area contributed by atoms with E-state index in [9.17, 15) is 0 Å². The minimum atomic E-state index is -0.319. The second kappa shape index (κ2) is 4.55. The lowest BCUT2D eigenvalue weighted by atomic mass is 9.76. The number of hydrogen-bond acceptors (Lipinski definition) is 4. The Balaban J connectivity index is 1.90. The van der Waals surface area contributed by atoms with Gasteiger partial charge in [0.25, 0.3) is 0 Å². The summed E-state index contributed by atoms with van der Waals surface area (Å²) >= 11 is 0. The SMILES string of the molecule is Cc1ncc(C2CNC2)cc1B1OC(C)(C)C(C)(C)O1. The Labute approximate surface area is 121 Å². The number of pyridine rings is 1. The first-order chi connectivity index (χ1) is 9.30. The monoisotopic (exact) mass is 274 g/mol. The van der Waals surface area contributed by atoms with Crippen LogP contribution in [0.2, 0.25) is 0 Å². The van der Waals surface area contributed by atoms with Crippen LogP contribution >= 0.6 is 0 Å². The molecule has 108 valence electrons. The van der Waals surface area contributed by atoms with Crippen LogP contribution in [0.25, 0.3) is 0 Å². The number of hydrogen-bond donors (Lipinski definition) is 1. The molecule has 1 N–H and O–H groups in total. The van der Waals surface area contributed by atoms with Gasteiger partial charge in [0.1, 0.15) is 0 Å². The predicted molar refractivity (Wildman–Crippen MR) is 80.3 cm³/mol. The molecule has 4 nitrogen and oxygen atoms in total. The van der Waals surface area contributed by atoms with Crippen molar-refractivity contribution in [1.29, 1.82) is 0 Å². The fourth-order valence-electron chi connectivity index (χ4n) is 2.52. The molecule has 0 aliphatic carbocycles. The molecule has 2 fully saturated rings. The molecular weight excluding hydrogens is 251 g/mol. The Morgan fingerprint density at radius 3 is 2.30 bits per heavy atom. The maximum absolute atomic E-state index is 6.14. The van der Waals surface area contributed by atoms with Crippen LogP contribution < -0.4 is 10.8 Å². The Morgan fingerprint density at radius 2 is 1.80 bits per heavy atom. The van der Waals surface area contributed by atoms with E-state index in [4.69, 9.17) is 9.31 Å². The molecule has 2 saturated heterocycles. The highest BCUT2D eigenvalue weighted by atomic mass is 16.7. The second-order valence-electron chi connectivity index (χ2n) is 6.89. The first-order valence-electron chi connectivity index (χ1n) is 7.33. The highest BCUT2D eigenvalue weighted by Gasteiger charge is 2.52. The summed E-state index contributed by atoms with van der Waals surface area (Å²) in [5.41, 5.74) is 2.71. The smallest absolute Gasteiger partial charge is 0.399 e. The molecule has 1 aromatic rings. The molecular formula is C15H23BN2O2. The van der Waals surface area contributed by atoms with Crippen molar-refractivity contribution in [3.05, 3.63) is 23.5 Å². The van der Waals surface area contributed by atoms with Crippen LogP contribution in [0.1, 0.15) is 44.9 Å². The summed E-state index contributed by atoms with van der Waals surface area (Å²) in [6.45, 7) is 12.4. The first kappa shape index (κ1) is 14.0. The van der Waals surface area contributed by atoms with Gasteiger partial charge in [-0.3, -0.25) is 4.98 Å². The number of rotatable bonds is 2. The zero-order chi connectivity index (χ0) is 14.5. The summed E-state index contributed by atoms with van der Waals surface area (Å²) in [5, 5.41) is 3.30. The van der Waals surface area contributed by atoms with Gasteiger partial charge in [0.05, 0.1) is 11.2 Å². The zero-order valence-corrected chi connectivity index (χ0v) is 13.0. The van der Waals surface area contributed by atoms with E-state index in [2.05, 4.69) is 44.1 Å². The van der Waals surface area contributed by atoms with E-state index in [0.29, 0.717) is 5.92 Å². The number of nitrogens with zero attached hydrogens (tertiary/aromatic N) is 1. The average molecular weight is 274 g/mol. The maximum atomic E-state index is 6.14. The van der Waals surface area contributed by atoms with E-state index in [1.54, 1.807) is 0 Å². The molecule has 3 heterocycles. The van der Waals surface area contributed by atoms with Crippen molar-refractivity contribution in [2.45, 2.75) is 51.7 Å². The van der Waals surface area contributed by atoms with Gasteiger partial charge in [-0.1, -0.05) is 6.07 Å². The summed E-state index contributed by atoms with van der Waals surface area (Å²) < 4.78 is 12.3. The number of nitrogens with one attached hydrogen (secondary N) is 1. The summed E-state index contributed by atoms with van der Waals surface area (Å²) in [6.07, 6.45) is 1.98. The van der Waals surface area contributed by atoms with Crippen molar-refractivity contribution in [1.82, 2.24) is 10.3 Å². The first-order valence-corrected chi connectivity index (χ1v) is 7.33. The third kappa shape index (κ3) is 2.18. The largest absolute Gasteiger partial charge is 0.496 e. The van der Waals surface area contributed by atoms with Crippen molar-refractivity contribution in [3.63, 3.8) is 0 Å². The van der Waals surface area contributed by atoms with Crippen molar-refractivity contribution < 1.29 is 9.31 Å². The molecule has 0 amide bonds. The number of aryl methyl sites for hydroxylation is 1. The minimum Gasteiger partial charge on any atom is -0.399 e. The van der Waals surface area contributed by atoms with Crippen LogP contribution in [0.3, 0.4) is 0 Å². The highest BCUT2D eigenvalue weighted by molar-refractivity contribution is 6.62. The normalized spacial score (nSPS) is 24.8. The van der Waals surface area contributed by atoms with Gasteiger partial charge in [-0.25, -0.2) is 0 Å². The minimum absolute atomic E-state index is 0.307. The van der Waals surface area contributed by atoms with Crippen LogP contribution in [0.5, 0.6) is 0 Å². The third-order valence-electron chi connectivity index (χ3n) is 4.91. The van der Waals surface area contributed by atoms with Gasteiger partial charge in [0.15, 0.2) is 0 Å². The van der Waals surface area contributed by atoms with Crippen LogP contribution in [0, 0.1) is 6.92 Å². The van der Waals surface area contributed by atoms with Gasteiger partial charge >= 0.3 is 7.12 Å². The lowest BCUT2D eigenvalue weighted by Gasteiger charge is -2.32. The van der Waals surface area contributed by atoms with Gasteiger partial charge in [0, 0.05) is 36.4 Å². The molecule has 0 bridgehead atoms. The Kier molecular flexibility index (Phi) is 3.20. The molecule has 2 aliphatic rings. The van der Waals surface area contributed by atoms with E-state index in [0.717, 1.165) is 24.2 Å². The summed E-state index contributed by atoms with van der Waals surface area (Å²) in [5.74, 6) is 0.573. The Morgan fingerprint density at radius 1 is 1.20 bits per heavy atom. The Bertz CT molecular complexity index is 511. The van der Waals surface area contributed by atoms with E-state index >= 15 is 0 Å². The molecule has 0 saturated carbocycles. The number of aromatic nitrogens is 1. The van der Waals surface area contributed by atoms with Gasteiger partial charge in [-0.15, -0.1) is 0 Å². The van der Waals surface area contributed by atoms with Crippen LogP contribution in [-0.2, 0) is 9.31 Å². The molecule has 0 radical (unpaired) electrons. The average Bonchev–Trinajstić information content (AvgIpc) is 2.48. The van der Waals surface area contributed by atoms with Crippen molar-refractivity contribution in [2.24, 2.45) is 0 Å². The van der Waals surface area contributed by atoms with E-state index in [1.807, 2.05) is 13.1 Å². The molecule has 0 aromatic carbocycles. The molecule has 0 spiro atoms. The third-order valence-corrected chi connectivity index (χ3v) is 4.91. The predicted octanol–water partition coefficient (Wildman–Crippen LogP) is 1.38. The second-order valence-corrected chi connectivity index (χ2v) is 6.89. The van der Waals surface area contributed by atoms with Crippen LogP contribution in [0.15, 0.2) is 12.3 Å². The molecule has 1 aromatic heterocycles. The van der Waals surface area contributed by atoms with Crippen LogP contribution in [-0.4, -0.2) is 36.4 Å². The van der Waals surface area contributed by atoms with E-state index in [1.165, 1.54) is 5.56 Å². The van der Waals surface area contributed by atoms with Gasteiger partial charge in [0.2, 0.25) is 0 Å². The van der Waals surface area contributed by atoms with Gasteiger partial charge < -0.3 is 14.6 Å². The lowest BCUT2D eigenvalue weighted by Crippen LogP contribution is -2.42. The zero-order valence-electron chi connectivity index (χ0n) is 13.0. The lowest BCUT2D eigenvalue weighted by molar-refractivity contribution is 0.00578. The molecule has 3 rings (SSSR count). The molecule has 0 unspecified atom stereocenters. The fourth-order valence-corrected chi connectivity index (χ4v) is 2.52. The van der Waals surface area contributed by atoms with Crippen LogP contribution in [0.4, 0.5) is 0 Å². The Hall–Kier alpha value is -0.905. The quantitative estimate of drug-likeness (QED) is 0.827. The summed E-state index contributed by atoms with van der Waals surface area (Å²) in [4.78, 5) is 4.53. The molecule has 0 atom stereocenters. The fraction of sp³-hybridized carbons (Fsp3) is 0.667. The highest BCUT2D eigenvalue weighted by Crippen LogP contribution is 2.36. The topological polar surface area (TPSA) is 43.4 Å². The summed E-state index contributed by atoms with van der Waals surface area (Å²) in [7, 11) is -0.319. The standard InChI is InChI=1S/C15H23BN2O2/c1-10-13(6-11(9-18-10)12-7-17-8-12)16-19-14(2,3)15(4,5)20-16/h6,9,12,17H,7-8H2,1-5H3.